The van der Waals surface area contributed by atoms with Crippen LogP contribution < -0.4 is 35.3 Å². The second-order valence-electron chi connectivity index (χ2n) is 8.57. The number of carbonyl (C=O) groups is 2. The molecule has 1 unspecified atom stereocenters. The molecule has 0 bridgehead atoms. The summed E-state index contributed by atoms with van der Waals surface area (Å²) < 4.78 is 44.5. The maximum absolute atomic E-state index is 13.2. The summed E-state index contributed by atoms with van der Waals surface area (Å²) in [6.07, 6.45) is -0.909. The fourth-order valence-electron chi connectivity index (χ4n) is 1.76. The molecule has 0 spiro atoms. The van der Waals surface area contributed by atoms with E-state index in [9.17, 15) is 33.6 Å². The van der Waals surface area contributed by atoms with E-state index in [1.165, 1.54) is 41.5 Å². The summed E-state index contributed by atoms with van der Waals surface area (Å²) in [5.41, 5.74) is 3.43. The molecular weight excluding hydrogens is 467 g/mol. The van der Waals surface area contributed by atoms with Crippen molar-refractivity contribution in [1.82, 2.24) is 0 Å². The molecule has 12 nitrogen and oxygen atoms in total. The number of hydrogen-bond acceptors (Lipinski definition) is 10. The van der Waals surface area contributed by atoms with Crippen LogP contribution in [-0.4, -0.2) is 52.0 Å². The summed E-state index contributed by atoms with van der Waals surface area (Å²) in [5.74, 6) is -1.54. The summed E-state index contributed by atoms with van der Waals surface area (Å²) in [6.45, 7) is 7.02. The number of ether oxygens (including phenoxy) is 2. The van der Waals surface area contributed by atoms with Crippen LogP contribution in [0.3, 0.4) is 0 Å². The van der Waals surface area contributed by atoms with Gasteiger partial charge in [-0.15, -0.1) is 0 Å². The molecule has 0 amide bonds. The minimum atomic E-state index is -5.53. The average Bonchev–Trinajstić information content (AvgIpc) is 2.56. The van der Waals surface area contributed by atoms with Gasteiger partial charge in [0.15, 0.2) is 0 Å². The maximum Gasteiger partial charge on any atom is 1.00 e. The Balaban J connectivity index is -0.00000420. The third-order valence-electron chi connectivity index (χ3n) is 3.67. The molecule has 0 aromatic heterocycles. The Kier molecular flexibility index (Phi) is 13.5. The summed E-state index contributed by atoms with van der Waals surface area (Å²) in [5, 5.41) is 7.33. The van der Waals surface area contributed by atoms with Crippen LogP contribution in [0.25, 0.3) is 0 Å². The number of carbonyl (C=O) groups excluding carboxylic acids is 2. The first-order valence-corrected chi connectivity index (χ1v) is 12.2. The van der Waals surface area contributed by atoms with E-state index in [-0.39, 0.29) is 43.9 Å². The van der Waals surface area contributed by atoms with Gasteiger partial charge in [0.25, 0.3) is 5.08 Å². The van der Waals surface area contributed by atoms with Gasteiger partial charge in [-0.2, -0.15) is 0 Å². The fourth-order valence-corrected chi connectivity index (χ4v) is 5.13. The zero-order valence-electron chi connectivity index (χ0n) is 20.1. The predicted molar refractivity (Wildman–Crippen MR) is 107 cm³/mol. The van der Waals surface area contributed by atoms with Crippen LogP contribution >= 0.6 is 15.2 Å². The monoisotopic (exact) mass is 501 g/mol. The minimum absolute atomic E-state index is 0. The molecule has 0 radical (unpaired) electrons. The number of nitrogens with two attached hydrogens (primary N) is 1. The Bertz CT molecular complexity index is 669. The van der Waals surface area contributed by atoms with Crippen LogP contribution in [-0.2, 0) is 37.2 Å². The molecule has 0 aromatic carbocycles. The Morgan fingerprint density at radius 2 is 1.26 bits per heavy atom. The van der Waals surface area contributed by atoms with Crippen LogP contribution in [0.1, 0.15) is 55.8 Å². The molecular formula is C16H34NNaO11P2. The van der Waals surface area contributed by atoms with Crippen molar-refractivity contribution in [2.24, 2.45) is 16.6 Å². The van der Waals surface area contributed by atoms with Crippen molar-refractivity contribution in [3.63, 3.8) is 0 Å². The molecule has 180 valence electrons. The van der Waals surface area contributed by atoms with Gasteiger partial charge in [0.1, 0.15) is 0 Å². The predicted octanol–water partition coefficient (Wildman–Crippen LogP) is -1.01. The van der Waals surface area contributed by atoms with Gasteiger partial charge in [-0.25, -0.2) is 0 Å². The summed E-state index contributed by atoms with van der Waals surface area (Å²) in [6, 6.07) is 0. The van der Waals surface area contributed by atoms with Gasteiger partial charge in [0.05, 0.1) is 10.8 Å². The molecule has 1 atom stereocenters. The average molecular weight is 501 g/mol. The zero-order chi connectivity index (χ0) is 24.0. The normalized spacial score (nSPS) is 14.9. The van der Waals surface area contributed by atoms with Crippen LogP contribution in [0.15, 0.2) is 0 Å². The summed E-state index contributed by atoms with van der Waals surface area (Å²) in [7, 11) is -10.7. The van der Waals surface area contributed by atoms with Crippen LogP contribution in [0.5, 0.6) is 0 Å². The quantitative estimate of drug-likeness (QED) is 0.117. The fraction of sp³-hybridized carbons (Fsp3) is 0.875. The van der Waals surface area contributed by atoms with Gasteiger partial charge >= 0.3 is 56.7 Å². The zero-order valence-corrected chi connectivity index (χ0v) is 22.9. The van der Waals surface area contributed by atoms with Crippen LogP contribution in [0.2, 0.25) is 0 Å². The van der Waals surface area contributed by atoms with Gasteiger partial charge in [-0.3, -0.25) is 27.8 Å². The summed E-state index contributed by atoms with van der Waals surface area (Å²) in [4.78, 5) is 43.0. The van der Waals surface area contributed by atoms with Gasteiger partial charge in [0, 0.05) is 6.42 Å². The van der Waals surface area contributed by atoms with Crippen molar-refractivity contribution >= 4 is 27.1 Å². The first-order chi connectivity index (χ1) is 13.3. The van der Waals surface area contributed by atoms with Crippen molar-refractivity contribution in [3.05, 3.63) is 0 Å². The van der Waals surface area contributed by atoms with E-state index in [0.717, 1.165) is 0 Å². The maximum atomic E-state index is 13.2. The second-order valence-corrected chi connectivity index (χ2v) is 13.0. The SMILES string of the molecule is CC(C)(C)C(=O)OCOP(=O)(OCOC(=O)C(C)(C)C)C(O)(CCCN)P(=O)(O)O.[H-].[Na+]. The molecule has 0 aliphatic carbocycles. The van der Waals surface area contributed by atoms with Crippen LogP contribution in [0.4, 0.5) is 0 Å². The van der Waals surface area contributed by atoms with E-state index in [2.05, 4.69) is 0 Å². The Labute approximate surface area is 206 Å². The Morgan fingerprint density at radius 1 is 0.903 bits per heavy atom. The number of aliphatic hydroxyl groups is 1. The molecule has 0 saturated heterocycles. The molecule has 31 heavy (non-hydrogen) atoms. The Morgan fingerprint density at radius 3 is 1.52 bits per heavy atom. The van der Waals surface area contributed by atoms with Gasteiger partial charge in [0.2, 0.25) is 13.6 Å². The van der Waals surface area contributed by atoms with E-state index in [4.69, 9.17) is 24.3 Å². The standard InChI is InChI=1S/C16H33NO11P2.Na.H/c1-14(2,3)12(18)25-10-27-30(24,28-11-26-13(19)15(4,5)6)16(20,8-7-9-17)29(21,22)23;;/h20H,7-11,17H2,1-6H3,(H2,21,22,23);;/q;+1;-1. The second kappa shape index (κ2) is 12.6. The van der Waals surface area contributed by atoms with E-state index in [0.29, 0.717) is 0 Å². The first kappa shape index (κ1) is 33.3. The number of rotatable bonds is 11. The molecule has 0 aliphatic heterocycles. The largest absolute Gasteiger partial charge is 1.00 e. The van der Waals surface area contributed by atoms with E-state index in [1.54, 1.807) is 0 Å². The smallest absolute Gasteiger partial charge is 1.00 e. The molecule has 0 aromatic rings. The van der Waals surface area contributed by atoms with Crippen LogP contribution in [0, 0.1) is 10.8 Å². The number of hydrogen-bond donors (Lipinski definition) is 4. The topological polar surface area (TPSA) is 192 Å². The number of esters is 2. The van der Waals surface area contributed by atoms with Crippen molar-refractivity contribution in [2.45, 2.75) is 59.5 Å². The van der Waals surface area contributed by atoms with E-state index in [1.807, 2.05) is 0 Å². The van der Waals surface area contributed by atoms with Crippen molar-refractivity contribution < 1.29 is 83.1 Å². The van der Waals surface area contributed by atoms with Crippen molar-refractivity contribution in [1.29, 1.82) is 0 Å². The van der Waals surface area contributed by atoms with Gasteiger partial charge < -0.3 is 31.5 Å². The first-order valence-electron chi connectivity index (χ1n) is 9.03. The molecule has 0 saturated carbocycles. The Hall–Kier alpha value is 0.160. The van der Waals surface area contributed by atoms with E-state index < -0.39 is 63.1 Å². The third kappa shape index (κ3) is 9.90. The van der Waals surface area contributed by atoms with Crippen molar-refractivity contribution in [3.8, 4) is 0 Å². The van der Waals surface area contributed by atoms with Crippen molar-refractivity contribution in [2.75, 3.05) is 20.1 Å². The summed E-state index contributed by atoms with van der Waals surface area (Å²) >= 11 is 0. The molecule has 0 rings (SSSR count). The molecule has 0 fully saturated rings. The molecule has 0 heterocycles. The third-order valence-corrected chi connectivity index (χ3v) is 8.34. The molecule has 15 heteroatoms. The minimum Gasteiger partial charge on any atom is -1.00 e. The molecule has 5 N–H and O–H groups in total. The molecule has 0 aliphatic rings. The van der Waals surface area contributed by atoms with Gasteiger partial charge in [-0.05, 0) is 54.5 Å². The van der Waals surface area contributed by atoms with E-state index >= 15 is 0 Å². The van der Waals surface area contributed by atoms with Gasteiger partial charge in [-0.1, -0.05) is 0 Å².